The number of nitrogens with zero attached hydrogens (tertiary/aromatic N) is 5. The first-order valence-electron chi connectivity index (χ1n) is 8.05. The topological polar surface area (TPSA) is 38.9 Å². The average Bonchev–Trinajstić information content (AvgIpc) is 3.17. The summed E-state index contributed by atoms with van der Waals surface area (Å²) in [4.78, 5) is 2.41. The summed E-state index contributed by atoms with van der Waals surface area (Å²) in [5.74, 6) is 0. The van der Waals surface area contributed by atoms with Crippen LogP contribution in [0.5, 0.6) is 0 Å². The number of aromatic nitrogens is 4. The molecule has 3 aromatic rings. The van der Waals surface area contributed by atoms with E-state index in [4.69, 9.17) is 11.6 Å². The molecule has 0 aliphatic carbocycles. The smallest absolute Gasteiger partial charge is 0.0790 e. The summed E-state index contributed by atoms with van der Waals surface area (Å²) in [6, 6.07) is 6.41. The quantitative estimate of drug-likeness (QED) is 0.686. The molecule has 1 aromatic carbocycles. The highest BCUT2D eigenvalue weighted by Crippen LogP contribution is 2.18. The lowest BCUT2D eigenvalue weighted by Crippen LogP contribution is -2.22. The molecule has 0 unspecified atom stereocenters. The average molecular weight is 344 g/mol. The Morgan fingerprint density at radius 1 is 1.12 bits per heavy atom. The first-order chi connectivity index (χ1) is 11.5. The SMILES string of the molecule is CCN(Cc1cnn(C)c1)Cc1ccc(-n2cc(Cl)cn2)cc1C. The largest absolute Gasteiger partial charge is 0.295 e. The summed E-state index contributed by atoms with van der Waals surface area (Å²) >= 11 is 5.95. The summed E-state index contributed by atoms with van der Waals surface area (Å²) in [5.41, 5.74) is 4.84. The highest BCUT2D eigenvalue weighted by atomic mass is 35.5. The molecule has 0 N–H and O–H groups in total. The van der Waals surface area contributed by atoms with Crippen LogP contribution in [0, 0.1) is 6.92 Å². The zero-order chi connectivity index (χ0) is 17.1. The molecule has 3 rings (SSSR count). The van der Waals surface area contributed by atoms with E-state index in [0.717, 1.165) is 25.3 Å². The Kier molecular flexibility index (Phi) is 5.02. The van der Waals surface area contributed by atoms with Crippen LogP contribution in [0.3, 0.4) is 0 Å². The van der Waals surface area contributed by atoms with Gasteiger partial charge in [0, 0.05) is 38.1 Å². The van der Waals surface area contributed by atoms with Gasteiger partial charge in [-0.15, -0.1) is 0 Å². The first-order valence-corrected chi connectivity index (χ1v) is 8.43. The van der Waals surface area contributed by atoms with Crippen molar-refractivity contribution in [3.05, 3.63) is 64.7 Å². The minimum atomic E-state index is 0.644. The van der Waals surface area contributed by atoms with E-state index in [2.05, 4.69) is 53.3 Å². The molecule has 0 saturated heterocycles. The predicted molar refractivity (Wildman–Crippen MR) is 96.3 cm³/mol. The Hall–Kier alpha value is -2.11. The van der Waals surface area contributed by atoms with Gasteiger partial charge in [0.05, 0.1) is 23.1 Å². The highest BCUT2D eigenvalue weighted by molar-refractivity contribution is 6.30. The Bertz CT molecular complexity index is 820. The minimum absolute atomic E-state index is 0.644. The van der Waals surface area contributed by atoms with Gasteiger partial charge in [-0.2, -0.15) is 10.2 Å². The fourth-order valence-electron chi connectivity index (χ4n) is 2.77. The van der Waals surface area contributed by atoms with E-state index in [1.54, 1.807) is 10.9 Å². The van der Waals surface area contributed by atoms with Gasteiger partial charge in [0.15, 0.2) is 0 Å². The van der Waals surface area contributed by atoms with Crippen molar-refractivity contribution in [3.63, 3.8) is 0 Å². The summed E-state index contributed by atoms with van der Waals surface area (Å²) < 4.78 is 3.64. The fraction of sp³-hybridized carbons (Fsp3) is 0.333. The molecule has 0 aliphatic heterocycles. The minimum Gasteiger partial charge on any atom is -0.295 e. The lowest BCUT2D eigenvalue weighted by Gasteiger charge is -2.21. The van der Waals surface area contributed by atoms with Crippen molar-refractivity contribution < 1.29 is 0 Å². The van der Waals surface area contributed by atoms with Crippen molar-refractivity contribution in [1.29, 1.82) is 0 Å². The number of halogens is 1. The van der Waals surface area contributed by atoms with Crippen molar-refractivity contribution in [1.82, 2.24) is 24.5 Å². The van der Waals surface area contributed by atoms with Crippen LogP contribution in [0.4, 0.5) is 0 Å². The van der Waals surface area contributed by atoms with E-state index in [0.29, 0.717) is 5.02 Å². The van der Waals surface area contributed by atoms with Crippen LogP contribution in [0.25, 0.3) is 5.69 Å². The van der Waals surface area contributed by atoms with Crippen LogP contribution >= 0.6 is 11.6 Å². The monoisotopic (exact) mass is 343 g/mol. The maximum Gasteiger partial charge on any atom is 0.0790 e. The van der Waals surface area contributed by atoms with Crippen molar-refractivity contribution >= 4 is 11.6 Å². The number of rotatable bonds is 6. The Labute approximate surface area is 147 Å². The molecule has 5 nitrogen and oxygen atoms in total. The maximum absolute atomic E-state index is 5.95. The van der Waals surface area contributed by atoms with Crippen molar-refractivity contribution in [3.8, 4) is 5.69 Å². The second-order valence-electron chi connectivity index (χ2n) is 6.04. The summed E-state index contributed by atoms with van der Waals surface area (Å²) in [5, 5.41) is 9.15. The van der Waals surface area contributed by atoms with E-state index in [9.17, 15) is 0 Å². The third kappa shape index (κ3) is 3.86. The third-order valence-corrected chi connectivity index (χ3v) is 4.34. The third-order valence-electron chi connectivity index (χ3n) is 4.15. The van der Waals surface area contributed by atoms with Crippen molar-refractivity contribution in [2.45, 2.75) is 26.9 Å². The van der Waals surface area contributed by atoms with Gasteiger partial charge in [-0.25, -0.2) is 4.68 Å². The van der Waals surface area contributed by atoms with Crippen molar-refractivity contribution in [2.75, 3.05) is 6.54 Å². The Morgan fingerprint density at radius 3 is 2.54 bits per heavy atom. The number of hydrogen-bond donors (Lipinski definition) is 0. The van der Waals surface area contributed by atoms with Crippen molar-refractivity contribution in [2.24, 2.45) is 7.05 Å². The van der Waals surface area contributed by atoms with Gasteiger partial charge in [0.25, 0.3) is 0 Å². The molecule has 2 aromatic heterocycles. The molecular weight excluding hydrogens is 322 g/mol. The van der Waals surface area contributed by atoms with E-state index in [-0.39, 0.29) is 0 Å². The van der Waals surface area contributed by atoms with E-state index in [1.807, 2.05) is 24.1 Å². The predicted octanol–water partition coefficient (Wildman–Crippen LogP) is 3.59. The lowest BCUT2D eigenvalue weighted by molar-refractivity contribution is 0.271. The van der Waals surface area contributed by atoms with E-state index in [1.165, 1.54) is 16.7 Å². The molecule has 6 heteroatoms. The molecule has 0 aliphatic rings. The normalized spacial score (nSPS) is 11.4. The molecular formula is C18H22ClN5. The van der Waals surface area contributed by atoms with E-state index >= 15 is 0 Å². The van der Waals surface area contributed by atoms with Crippen LogP contribution in [0.1, 0.15) is 23.6 Å². The van der Waals surface area contributed by atoms with Crippen LogP contribution in [0.15, 0.2) is 43.0 Å². The van der Waals surface area contributed by atoms with Gasteiger partial charge in [0.2, 0.25) is 0 Å². The molecule has 0 bridgehead atoms. The molecule has 126 valence electrons. The van der Waals surface area contributed by atoms with Gasteiger partial charge in [0.1, 0.15) is 0 Å². The molecule has 0 fully saturated rings. The fourth-order valence-corrected chi connectivity index (χ4v) is 2.91. The standard InChI is InChI=1S/C18H22ClN5/c1-4-23(11-15-8-20-22(3)10-15)12-16-5-6-18(7-14(16)2)24-13-17(19)9-21-24/h5-10,13H,4,11-12H2,1-3H3. The second kappa shape index (κ2) is 7.20. The zero-order valence-corrected chi connectivity index (χ0v) is 15.0. The molecule has 0 spiro atoms. The van der Waals surface area contributed by atoms with Crippen LogP contribution < -0.4 is 0 Å². The molecule has 2 heterocycles. The molecule has 0 amide bonds. The van der Waals surface area contributed by atoms with Gasteiger partial charge < -0.3 is 0 Å². The molecule has 0 saturated carbocycles. The molecule has 24 heavy (non-hydrogen) atoms. The first kappa shape index (κ1) is 16.7. The summed E-state index contributed by atoms with van der Waals surface area (Å²) in [6.07, 6.45) is 7.47. The second-order valence-corrected chi connectivity index (χ2v) is 6.48. The number of hydrogen-bond acceptors (Lipinski definition) is 3. The zero-order valence-electron chi connectivity index (χ0n) is 14.3. The van der Waals surface area contributed by atoms with Gasteiger partial charge in [-0.3, -0.25) is 9.58 Å². The van der Waals surface area contributed by atoms with Crippen LogP contribution in [0.2, 0.25) is 5.02 Å². The van der Waals surface area contributed by atoms with Gasteiger partial charge in [-0.05, 0) is 36.7 Å². The highest BCUT2D eigenvalue weighted by Gasteiger charge is 2.09. The Balaban J connectivity index is 1.74. The summed E-state index contributed by atoms with van der Waals surface area (Å²) in [7, 11) is 1.95. The van der Waals surface area contributed by atoms with E-state index < -0.39 is 0 Å². The molecule has 0 atom stereocenters. The molecule has 0 radical (unpaired) electrons. The summed E-state index contributed by atoms with van der Waals surface area (Å²) in [6.45, 7) is 7.14. The van der Waals surface area contributed by atoms with Crippen LogP contribution in [-0.2, 0) is 20.1 Å². The lowest BCUT2D eigenvalue weighted by atomic mass is 10.1. The number of benzene rings is 1. The van der Waals surface area contributed by atoms with Crippen LogP contribution in [-0.4, -0.2) is 31.0 Å². The Morgan fingerprint density at radius 2 is 1.96 bits per heavy atom. The maximum atomic E-state index is 5.95. The van der Waals surface area contributed by atoms with Gasteiger partial charge in [-0.1, -0.05) is 24.6 Å². The number of aryl methyl sites for hydroxylation is 2. The van der Waals surface area contributed by atoms with Gasteiger partial charge >= 0.3 is 0 Å².